The van der Waals surface area contributed by atoms with Crippen LogP contribution in [-0.2, 0) is 12.8 Å². The monoisotopic (exact) mass is 1140 g/mol. The summed E-state index contributed by atoms with van der Waals surface area (Å²) in [6, 6.07) is 46.2. The Morgan fingerprint density at radius 2 is 0.579 bits per heavy atom. The van der Waals surface area contributed by atoms with Crippen molar-refractivity contribution in [3.05, 3.63) is 141 Å². The van der Waals surface area contributed by atoms with Gasteiger partial charge in [0.1, 0.15) is 0 Å². The highest BCUT2D eigenvalue weighted by Gasteiger charge is 2.18. The van der Waals surface area contributed by atoms with E-state index in [1.807, 2.05) is 0 Å². The number of halogens is 2. The molecule has 0 radical (unpaired) electrons. The van der Waals surface area contributed by atoms with Crippen molar-refractivity contribution >= 4 is 75.5 Å². The van der Waals surface area contributed by atoms with Gasteiger partial charge in [0.25, 0.3) is 0 Å². The third-order valence-corrected chi connectivity index (χ3v) is 17.8. The standard InChI is InChI=1S/C72H94Br2N2/c1-3-5-7-9-11-13-15-17-19-21-23-25-27-29-31-33-37-59-39-35-41-65-67-55-61(73)47-53-69(67)75(71(59)65)63-49-43-57(44-50-63)58-45-51-64(52-46-58)76-70-54-48-62(74)56-68(70)66-42-36-40-60(72(66)76)38-34-32-30-28-26-24-22-20-18-16-14-12-10-8-6-4-2/h35-36,39-56H,3-34,37-38H2,1-2H3. The molecular weight excluding hydrogens is 1050 g/mol. The summed E-state index contributed by atoms with van der Waals surface area (Å²) in [4.78, 5) is 0. The van der Waals surface area contributed by atoms with Gasteiger partial charge >= 0.3 is 0 Å². The lowest BCUT2D eigenvalue weighted by Crippen LogP contribution is -1.98. The van der Waals surface area contributed by atoms with Crippen molar-refractivity contribution in [3.8, 4) is 22.5 Å². The summed E-state index contributed by atoms with van der Waals surface area (Å²) in [5.74, 6) is 0. The Labute approximate surface area is 477 Å². The van der Waals surface area contributed by atoms with Crippen LogP contribution in [0.15, 0.2) is 130 Å². The van der Waals surface area contributed by atoms with Crippen molar-refractivity contribution in [1.29, 1.82) is 0 Å². The minimum absolute atomic E-state index is 1.11. The van der Waals surface area contributed by atoms with Crippen molar-refractivity contribution < 1.29 is 0 Å². The van der Waals surface area contributed by atoms with Crippen molar-refractivity contribution in [1.82, 2.24) is 9.13 Å². The molecule has 0 saturated carbocycles. The average molecular weight is 1150 g/mol. The Balaban J connectivity index is 0.874. The van der Waals surface area contributed by atoms with Gasteiger partial charge in [0.05, 0.1) is 22.1 Å². The van der Waals surface area contributed by atoms with Crippen molar-refractivity contribution in [2.24, 2.45) is 0 Å². The number of aromatic nitrogens is 2. The van der Waals surface area contributed by atoms with Crippen LogP contribution in [0.3, 0.4) is 0 Å². The summed E-state index contributed by atoms with van der Waals surface area (Å²) < 4.78 is 7.32. The quantitative estimate of drug-likeness (QED) is 0.0344. The molecule has 76 heavy (non-hydrogen) atoms. The van der Waals surface area contributed by atoms with E-state index in [0.29, 0.717) is 0 Å². The van der Waals surface area contributed by atoms with E-state index in [9.17, 15) is 0 Å². The Morgan fingerprint density at radius 3 is 0.882 bits per heavy atom. The number of benzene rings is 6. The molecule has 2 heterocycles. The predicted molar refractivity (Wildman–Crippen MR) is 342 cm³/mol. The van der Waals surface area contributed by atoms with Gasteiger partial charge in [-0.15, -0.1) is 0 Å². The molecule has 0 aliphatic carbocycles. The molecule has 0 unspecified atom stereocenters. The molecule has 0 saturated heterocycles. The van der Waals surface area contributed by atoms with E-state index in [1.54, 1.807) is 0 Å². The highest BCUT2D eigenvalue weighted by Crippen LogP contribution is 2.39. The number of para-hydroxylation sites is 2. The molecule has 8 rings (SSSR count). The molecule has 6 aromatic carbocycles. The Kier molecular flexibility index (Phi) is 24.5. The smallest absolute Gasteiger partial charge is 0.0573 e. The van der Waals surface area contributed by atoms with Crippen LogP contribution >= 0.6 is 31.9 Å². The lowest BCUT2D eigenvalue weighted by Gasteiger charge is -2.14. The van der Waals surface area contributed by atoms with Crippen molar-refractivity contribution in [2.75, 3.05) is 0 Å². The number of unbranched alkanes of at least 4 members (excludes halogenated alkanes) is 30. The highest BCUT2D eigenvalue weighted by atomic mass is 79.9. The SMILES string of the molecule is CCCCCCCCCCCCCCCCCCc1cccc2c3cc(Br)ccc3n(-c3ccc(-c4ccc(-n5c6ccc(Br)cc6c6cccc(CCCCCCCCCCCCCCCCCC)c65)cc4)cc3)c12. The molecule has 0 fully saturated rings. The van der Waals surface area contributed by atoms with Gasteiger partial charge in [0.15, 0.2) is 0 Å². The number of hydrogen-bond acceptors (Lipinski definition) is 0. The molecule has 2 aromatic heterocycles. The number of hydrogen-bond donors (Lipinski definition) is 0. The second-order valence-electron chi connectivity index (χ2n) is 22.8. The summed E-state index contributed by atoms with van der Waals surface area (Å²) >= 11 is 7.62. The first-order chi connectivity index (χ1) is 37.6. The van der Waals surface area contributed by atoms with Gasteiger partial charge in [0, 0.05) is 41.9 Å². The van der Waals surface area contributed by atoms with Gasteiger partial charge < -0.3 is 9.13 Å². The molecular formula is C72H94Br2N2. The second kappa shape index (κ2) is 32.1. The third-order valence-electron chi connectivity index (χ3n) is 16.8. The molecule has 0 aliphatic heterocycles. The molecule has 4 heteroatoms. The van der Waals surface area contributed by atoms with Gasteiger partial charge in [-0.3, -0.25) is 0 Å². The zero-order valence-electron chi connectivity index (χ0n) is 47.2. The van der Waals surface area contributed by atoms with Gasteiger partial charge in [-0.1, -0.05) is 299 Å². The van der Waals surface area contributed by atoms with Crippen LogP contribution in [-0.4, -0.2) is 9.13 Å². The zero-order valence-corrected chi connectivity index (χ0v) is 50.4. The van der Waals surface area contributed by atoms with Crippen LogP contribution < -0.4 is 0 Å². The number of nitrogens with zero attached hydrogens (tertiary/aromatic N) is 2. The van der Waals surface area contributed by atoms with Crippen LogP contribution in [0.4, 0.5) is 0 Å². The molecule has 8 aromatic rings. The predicted octanol–water partition coefficient (Wildman–Crippen LogP) is 24.7. The fourth-order valence-electron chi connectivity index (χ4n) is 12.5. The molecule has 0 N–H and O–H groups in total. The highest BCUT2D eigenvalue weighted by molar-refractivity contribution is 9.10. The summed E-state index contributed by atoms with van der Waals surface area (Å²) in [5, 5.41) is 5.30. The maximum absolute atomic E-state index is 3.81. The number of aryl methyl sites for hydroxylation is 2. The van der Waals surface area contributed by atoms with E-state index < -0.39 is 0 Å². The molecule has 2 nitrogen and oxygen atoms in total. The van der Waals surface area contributed by atoms with Crippen LogP contribution in [0.1, 0.15) is 230 Å². The Hall–Kier alpha value is -4.12. The lowest BCUT2D eigenvalue weighted by molar-refractivity contribution is 0.529. The van der Waals surface area contributed by atoms with E-state index in [2.05, 4.69) is 176 Å². The summed E-state index contributed by atoms with van der Waals surface area (Å²) in [6.45, 7) is 4.61. The van der Waals surface area contributed by atoms with Crippen LogP contribution in [0.2, 0.25) is 0 Å². The normalized spacial score (nSPS) is 11.9. The fraction of sp³-hybridized carbons (Fsp3) is 0.500. The molecule has 406 valence electrons. The van der Waals surface area contributed by atoms with E-state index in [-0.39, 0.29) is 0 Å². The summed E-state index contributed by atoms with van der Waals surface area (Å²) in [5.41, 5.74) is 13.1. The molecule has 0 spiro atoms. The first kappa shape index (κ1) is 58.0. The average Bonchev–Trinajstić information content (AvgIpc) is 3.98. The van der Waals surface area contributed by atoms with Gasteiger partial charge in [-0.2, -0.15) is 0 Å². The summed E-state index contributed by atoms with van der Waals surface area (Å²) in [6.07, 6.45) is 47.0. The molecule has 0 atom stereocenters. The first-order valence-corrected chi connectivity index (χ1v) is 32.8. The number of rotatable bonds is 37. The van der Waals surface area contributed by atoms with Crippen molar-refractivity contribution in [2.45, 2.75) is 232 Å². The Morgan fingerprint density at radius 1 is 0.289 bits per heavy atom. The van der Waals surface area contributed by atoms with E-state index in [0.717, 1.165) is 21.8 Å². The lowest BCUT2D eigenvalue weighted by atomic mass is 10.0. The third kappa shape index (κ3) is 16.5. The fourth-order valence-corrected chi connectivity index (χ4v) is 13.2. The summed E-state index contributed by atoms with van der Waals surface area (Å²) in [7, 11) is 0. The van der Waals surface area contributed by atoms with E-state index in [4.69, 9.17) is 0 Å². The maximum atomic E-state index is 3.81. The van der Waals surface area contributed by atoms with Crippen LogP contribution in [0, 0.1) is 0 Å². The topological polar surface area (TPSA) is 9.86 Å². The largest absolute Gasteiger partial charge is 0.309 e. The first-order valence-electron chi connectivity index (χ1n) is 31.2. The van der Waals surface area contributed by atoms with Crippen LogP contribution in [0.5, 0.6) is 0 Å². The number of fused-ring (bicyclic) bond motifs is 6. The van der Waals surface area contributed by atoms with Crippen LogP contribution in [0.25, 0.3) is 66.1 Å². The minimum atomic E-state index is 1.11. The second-order valence-corrected chi connectivity index (χ2v) is 24.7. The van der Waals surface area contributed by atoms with E-state index >= 15 is 0 Å². The minimum Gasteiger partial charge on any atom is -0.309 e. The zero-order chi connectivity index (χ0) is 52.6. The van der Waals surface area contributed by atoms with Crippen molar-refractivity contribution in [3.63, 3.8) is 0 Å². The van der Waals surface area contributed by atoms with Gasteiger partial charge in [0.2, 0.25) is 0 Å². The Bertz CT molecular complexity index is 2730. The molecule has 0 amide bonds. The van der Waals surface area contributed by atoms with E-state index in [1.165, 1.54) is 283 Å². The molecule has 0 aliphatic rings. The maximum Gasteiger partial charge on any atom is 0.0573 e. The van der Waals surface area contributed by atoms with Gasteiger partial charge in [-0.25, -0.2) is 0 Å². The molecule has 0 bridgehead atoms. The van der Waals surface area contributed by atoms with Gasteiger partial charge in [-0.05, 0) is 109 Å².